The van der Waals surface area contributed by atoms with Crippen molar-refractivity contribution in [3.05, 3.63) is 11.4 Å². The summed E-state index contributed by atoms with van der Waals surface area (Å²) in [5.74, 6) is 1.94. The molecule has 0 unspecified atom stereocenters. The summed E-state index contributed by atoms with van der Waals surface area (Å²) in [4.78, 5) is 11.3. The molecule has 1 heterocycles. The Balaban J connectivity index is 1.62. The van der Waals surface area contributed by atoms with Gasteiger partial charge in [0.1, 0.15) is 0 Å². The molecule has 116 valence electrons. The Morgan fingerprint density at radius 1 is 1.33 bits per heavy atom. The summed E-state index contributed by atoms with van der Waals surface area (Å²) >= 11 is 0. The summed E-state index contributed by atoms with van der Waals surface area (Å²) in [5.41, 5.74) is 2.50. The minimum atomic E-state index is -0.0744. The number of hydrogen-bond acceptors (Lipinski definition) is 4. The largest absolute Gasteiger partial charge is 0.465 e. The second-order valence-electron chi connectivity index (χ2n) is 6.63. The van der Waals surface area contributed by atoms with E-state index in [2.05, 4.69) is 28.8 Å². The van der Waals surface area contributed by atoms with Crippen LogP contribution in [0.1, 0.15) is 57.5 Å². The molecule has 1 saturated carbocycles. The molecule has 2 aliphatic rings. The predicted octanol–water partition coefficient (Wildman–Crippen LogP) is 2.55. The highest BCUT2D eigenvalue weighted by molar-refractivity contribution is 5.68. The second-order valence-corrected chi connectivity index (χ2v) is 6.63. The summed E-state index contributed by atoms with van der Waals surface area (Å²) in [6.45, 7) is 6.77. The summed E-state index contributed by atoms with van der Waals surface area (Å²) in [6.07, 6.45) is 4.87. The Morgan fingerprint density at radius 3 is 2.71 bits per heavy atom. The summed E-state index contributed by atoms with van der Waals surface area (Å²) in [7, 11) is 0. The molecule has 1 fully saturated rings. The van der Waals surface area contributed by atoms with Gasteiger partial charge in [-0.3, -0.25) is 4.79 Å². The van der Waals surface area contributed by atoms with Crippen LogP contribution in [-0.2, 0) is 22.4 Å². The molecule has 21 heavy (non-hydrogen) atoms. The molecule has 0 aliphatic heterocycles. The van der Waals surface area contributed by atoms with Crippen molar-refractivity contribution in [2.24, 2.45) is 17.8 Å². The van der Waals surface area contributed by atoms with Crippen molar-refractivity contribution in [2.45, 2.75) is 58.9 Å². The lowest BCUT2D eigenvalue weighted by Gasteiger charge is -2.12. The lowest BCUT2D eigenvalue weighted by molar-refractivity contribution is -0.143. The van der Waals surface area contributed by atoms with Gasteiger partial charge in [0.25, 0.3) is 0 Å². The van der Waals surface area contributed by atoms with Gasteiger partial charge in [-0.15, -0.1) is 5.10 Å². The van der Waals surface area contributed by atoms with E-state index in [0.717, 1.165) is 25.2 Å². The van der Waals surface area contributed by atoms with Crippen LogP contribution in [-0.4, -0.2) is 27.6 Å². The highest BCUT2D eigenvalue weighted by Gasteiger charge is 2.50. The number of ether oxygens (including phenoxy) is 1. The fourth-order valence-electron chi connectivity index (χ4n) is 3.74. The van der Waals surface area contributed by atoms with Crippen LogP contribution in [0.25, 0.3) is 0 Å². The van der Waals surface area contributed by atoms with E-state index in [1.165, 1.54) is 17.8 Å². The maximum Gasteiger partial charge on any atom is 0.305 e. The molecular weight excluding hydrogens is 266 g/mol. The Bertz CT molecular complexity index is 524. The molecule has 0 radical (unpaired) electrons. The zero-order valence-electron chi connectivity index (χ0n) is 13.2. The maximum atomic E-state index is 11.3. The SMILES string of the molecule is CCC(=O)OC[C@@H]1[C@@H]2CCc3c(nnn3C(C)C)CC[C@@H]21. The van der Waals surface area contributed by atoms with Crippen molar-refractivity contribution >= 4 is 5.97 Å². The first-order chi connectivity index (χ1) is 10.1. The predicted molar refractivity (Wildman–Crippen MR) is 78.8 cm³/mol. The Morgan fingerprint density at radius 2 is 2.05 bits per heavy atom. The number of aryl methyl sites for hydroxylation is 1. The van der Waals surface area contributed by atoms with Crippen LogP contribution in [0.2, 0.25) is 0 Å². The normalized spacial score (nSPS) is 27.5. The van der Waals surface area contributed by atoms with Gasteiger partial charge in [-0.25, -0.2) is 4.68 Å². The van der Waals surface area contributed by atoms with Crippen LogP contribution in [0.3, 0.4) is 0 Å². The van der Waals surface area contributed by atoms with Gasteiger partial charge in [-0.1, -0.05) is 12.1 Å². The molecule has 0 bridgehead atoms. The maximum absolute atomic E-state index is 11.3. The van der Waals surface area contributed by atoms with Crippen molar-refractivity contribution in [1.29, 1.82) is 0 Å². The number of nitrogens with zero attached hydrogens (tertiary/aromatic N) is 3. The van der Waals surface area contributed by atoms with Gasteiger partial charge in [0.05, 0.1) is 18.0 Å². The first-order valence-electron chi connectivity index (χ1n) is 8.20. The van der Waals surface area contributed by atoms with E-state index in [9.17, 15) is 4.79 Å². The number of esters is 1. The fraction of sp³-hybridized carbons (Fsp3) is 0.812. The third kappa shape index (κ3) is 2.83. The third-order valence-corrected chi connectivity index (χ3v) is 5.02. The minimum absolute atomic E-state index is 0.0744. The van der Waals surface area contributed by atoms with Gasteiger partial charge in [-0.2, -0.15) is 0 Å². The van der Waals surface area contributed by atoms with Crippen molar-refractivity contribution in [3.63, 3.8) is 0 Å². The highest BCUT2D eigenvalue weighted by atomic mass is 16.5. The van der Waals surface area contributed by atoms with Gasteiger partial charge in [0, 0.05) is 12.5 Å². The standard InChI is InChI=1S/C16H25N3O2/c1-4-16(20)21-9-13-11-5-7-14-15(8-6-12(11)13)19(10(2)3)18-17-14/h10-13H,4-9H2,1-3H3/t11-,12+,13-/m0/s1. The van der Waals surface area contributed by atoms with Gasteiger partial charge in [-0.05, 0) is 57.3 Å². The summed E-state index contributed by atoms with van der Waals surface area (Å²) < 4.78 is 7.41. The van der Waals surface area contributed by atoms with E-state index in [0.29, 0.717) is 30.9 Å². The van der Waals surface area contributed by atoms with Crippen LogP contribution in [0.15, 0.2) is 0 Å². The van der Waals surface area contributed by atoms with Gasteiger partial charge in [0.2, 0.25) is 0 Å². The highest BCUT2D eigenvalue weighted by Crippen LogP contribution is 2.53. The first kappa shape index (κ1) is 14.5. The summed E-state index contributed by atoms with van der Waals surface area (Å²) in [5, 5.41) is 8.68. The molecule has 0 aromatic carbocycles. The minimum Gasteiger partial charge on any atom is -0.465 e. The molecule has 1 aromatic rings. The average Bonchev–Trinajstić information content (AvgIpc) is 2.93. The third-order valence-electron chi connectivity index (χ3n) is 5.02. The molecule has 3 atom stereocenters. The monoisotopic (exact) mass is 291 g/mol. The average molecular weight is 291 g/mol. The van der Waals surface area contributed by atoms with Crippen molar-refractivity contribution in [2.75, 3.05) is 6.61 Å². The molecule has 0 saturated heterocycles. The van der Waals surface area contributed by atoms with Crippen LogP contribution < -0.4 is 0 Å². The van der Waals surface area contributed by atoms with Crippen LogP contribution in [0.5, 0.6) is 0 Å². The van der Waals surface area contributed by atoms with E-state index in [1.54, 1.807) is 0 Å². The van der Waals surface area contributed by atoms with Crippen LogP contribution >= 0.6 is 0 Å². The zero-order chi connectivity index (χ0) is 15.0. The molecule has 0 N–H and O–H groups in total. The number of aromatic nitrogens is 3. The lowest BCUT2D eigenvalue weighted by Crippen LogP contribution is -2.10. The van der Waals surface area contributed by atoms with Crippen LogP contribution in [0, 0.1) is 17.8 Å². The van der Waals surface area contributed by atoms with Gasteiger partial charge >= 0.3 is 5.97 Å². The molecule has 3 rings (SSSR count). The Labute approximate surface area is 126 Å². The van der Waals surface area contributed by atoms with E-state index >= 15 is 0 Å². The fourth-order valence-corrected chi connectivity index (χ4v) is 3.74. The second kappa shape index (κ2) is 5.78. The van der Waals surface area contributed by atoms with E-state index in [4.69, 9.17) is 4.74 Å². The Hall–Kier alpha value is -1.39. The van der Waals surface area contributed by atoms with E-state index < -0.39 is 0 Å². The van der Waals surface area contributed by atoms with Crippen molar-refractivity contribution in [3.8, 4) is 0 Å². The summed E-state index contributed by atoms with van der Waals surface area (Å²) in [6, 6.07) is 0.372. The van der Waals surface area contributed by atoms with Gasteiger partial charge in [0.15, 0.2) is 0 Å². The molecule has 2 aliphatic carbocycles. The number of carbonyl (C=O) groups is 1. The Kier molecular flexibility index (Phi) is 4.00. The molecule has 1 aromatic heterocycles. The van der Waals surface area contributed by atoms with Gasteiger partial charge < -0.3 is 4.74 Å². The van der Waals surface area contributed by atoms with E-state index in [-0.39, 0.29) is 5.97 Å². The number of fused-ring (bicyclic) bond motifs is 2. The van der Waals surface area contributed by atoms with Crippen molar-refractivity contribution < 1.29 is 9.53 Å². The number of rotatable bonds is 4. The first-order valence-corrected chi connectivity index (χ1v) is 8.20. The quantitative estimate of drug-likeness (QED) is 0.800. The lowest BCUT2D eigenvalue weighted by atomic mass is 10.0. The topological polar surface area (TPSA) is 57.0 Å². The van der Waals surface area contributed by atoms with Crippen LogP contribution in [0.4, 0.5) is 0 Å². The smallest absolute Gasteiger partial charge is 0.305 e. The zero-order valence-corrected chi connectivity index (χ0v) is 13.2. The molecule has 0 amide bonds. The molecular formula is C16H25N3O2. The van der Waals surface area contributed by atoms with Crippen molar-refractivity contribution in [1.82, 2.24) is 15.0 Å². The molecule has 5 nitrogen and oxygen atoms in total. The number of hydrogen-bond donors (Lipinski definition) is 0. The number of carbonyl (C=O) groups excluding carboxylic acids is 1. The molecule has 5 heteroatoms. The molecule has 0 spiro atoms. The van der Waals surface area contributed by atoms with E-state index in [1.807, 2.05) is 6.92 Å².